The predicted octanol–water partition coefficient (Wildman–Crippen LogP) is 2.46. The number of aromatic nitrogens is 5. The average Bonchev–Trinajstić information content (AvgIpc) is 3.18. The molecule has 104 valence electrons. The molecule has 1 N–H and O–H groups in total. The first-order valence-electron chi connectivity index (χ1n) is 6.25. The number of furan rings is 1. The molecule has 0 atom stereocenters. The Bertz CT molecular complexity index is 851. The van der Waals surface area contributed by atoms with Gasteiger partial charge in [0.05, 0.1) is 6.26 Å². The molecule has 0 bridgehead atoms. The molecule has 7 nitrogen and oxygen atoms in total. The van der Waals surface area contributed by atoms with Gasteiger partial charge in [0.25, 0.3) is 0 Å². The topological polar surface area (TPSA) is 83.7 Å². The highest BCUT2D eigenvalue weighted by molar-refractivity contribution is 6.31. The van der Waals surface area contributed by atoms with Gasteiger partial charge in [-0.05, 0) is 18.2 Å². The van der Waals surface area contributed by atoms with Crippen LogP contribution < -0.4 is 4.90 Å². The molecule has 0 fully saturated rings. The molecular weight excluding hydrogens is 292 g/mol. The van der Waals surface area contributed by atoms with E-state index in [-0.39, 0.29) is 0 Å². The van der Waals surface area contributed by atoms with Gasteiger partial charge in [-0.1, -0.05) is 23.8 Å². The van der Waals surface area contributed by atoms with Gasteiger partial charge in [0.1, 0.15) is 10.9 Å². The molecule has 1 aliphatic heterocycles. The van der Waals surface area contributed by atoms with E-state index < -0.39 is 0 Å². The van der Waals surface area contributed by atoms with Gasteiger partial charge >= 0.3 is 0 Å². The molecule has 0 aromatic carbocycles. The number of fused-ring (bicyclic) bond motifs is 1. The summed E-state index contributed by atoms with van der Waals surface area (Å²) in [6.07, 6.45) is 7.23. The molecule has 4 rings (SSSR count). The first-order valence-corrected chi connectivity index (χ1v) is 6.63. The van der Waals surface area contributed by atoms with Gasteiger partial charge in [0.15, 0.2) is 11.3 Å². The van der Waals surface area contributed by atoms with E-state index in [9.17, 15) is 0 Å². The van der Waals surface area contributed by atoms with Crippen molar-refractivity contribution in [1.29, 1.82) is 0 Å². The lowest BCUT2D eigenvalue weighted by molar-refractivity contribution is 0.580. The lowest BCUT2D eigenvalue weighted by Gasteiger charge is -2.22. The molecule has 0 unspecified atom stereocenters. The Hall–Kier alpha value is -2.67. The number of nitrogens with zero attached hydrogens (tertiary/aromatic N) is 5. The fraction of sp³-hybridized carbons (Fsp3) is 0.0769. The van der Waals surface area contributed by atoms with Crippen LogP contribution in [0.3, 0.4) is 0 Å². The van der Waals surface area contributed by atoms with E-state index in [1.54, 1.807) is 23.3 Å². The van der Waals surface area contributed by atoms with Crippen molar-refractivity contribution >= 4 is 28.7 Å². The maximum Gasteiger partial charge on any atom is 0.233 e. The maximum atomic E-state index is 6.21. The van der Waals surface area contributed by atoms with Crippen LogP contribution in [0.5, 0.6) is 0 Å². The van der Waals surface area contributed by atoms with Gasteiger partial charge in [-0.3, -0.25) is 4.90 Å². The van der Waals surface area contributed by atoms with Gasteiger partial charge in [-0.15, -0.1) is 5.10 Å². The van der Waals surface area contributed by atoms with Gasteiger partial charge in [0.2, 0.25) is 11.6 Å². The molecule has 0 amide bonds. The smallest absolute Gasteiger partial charge is 0.233 e. The van der Waals surface area contributed by atoms with Crippen LogP contribution in [-0.4, -0.2) is 31.9 Å². The number of anilines is 1. The average molecular weight is 301 g/mol. The van der Waals surface area contributed by atoms with Crippen LogP contribution in [0.1, 0.15) is 0 Å². The minimum atomic E-state index is 0.452. The van der Waals surface area contributed by atoms with Crippen molar-refractivity contribution < 1.29 is 4.42 Å². The number of hydrogen-bond donors (Lipinski definition) is 1. The number of halogens is 1. The van der Waals surface area contributed by atoms with Crippen molar-refractivity contribution in [1.82, 2.24) is 25.4 Å². The second kappa shape index (κ2) is 4.71. The zero-order chi connectivity index (χ0) is 14.2. The summed E-state index contributed by atoms with van der Waals surface area (Å²) in [6, 6.07) is 3.60. The standard InChI is InChI=1S/C13H9ClN6O/c14-9-5-1-2-6-20(9)13-15-10(8-4-3-7-21-8)11-12(16-13)18-19-17-11/h1-5,7H,6H2,(H,15,16,17,18,19). The summed E-state index contributed by atoms with van der Waals surface area (Å²) in [6.45, 7) is 0.594. The summed E-state index contributed by atoms with van der Waals surface area (Å²) in [5, 5.41) is 11.2. The fourth-order valence-electron chi connectivity index (χ4n) is 2.11. The van der Waals surface area contributed by atoms with Gasteiger partial charge < -0.3 is 4.42 Å². The second-order valence-electron chi connectivity index (χ2n) is 4.37. The zero-order valence-corrected chi connectivity index (χ0v) is 11.4. The Morgan fingerprint density at radius 3 is 3.05 bits per heavy atom. The quantitative estimate of drug-likeness (QED) is 0.732. The maximum absolute atomic E-state index is 6.21. The monoisotopic (exact) mass is 300 g/mol. The van der Waals surface area contributed by atoms with E-state index in [2.05, 4.69) is 25.4 Å². The van der Waals surface area contributed by atoms with E-state index >= 15 is 0 Å². The van der Waals surface area contributed by atoms with E-state index in [1.807, 2.05) is 18.2 Å². The predicted molar refractivity (Wildman–Crippen MR) is 77.6 cm³/mol. The minimum absolute atomic E-state index is 0.452. The van der Waals surface area contributed by atoms with Crippen molar-refractivity contribution in [2.75, 3.05) is 11.4 Å². The summed E-state index contributed by atoms with van der Waals surface area (Å²) >= 11 is 6.21. The Labute approximate surface area is 123 Å². The van der Waals surface area contributed by atoms with Crippen molar-refractivity contribution in [3.63, 3.8) is 0 Å². The van der Waals surface area contributed by atoms with Crippen LogP contribution in [0, 0.1) is 0 Å². The lowest BCUT2D eigenvalue weighted by atomic mass is 10.3. The van der Waals surface area contributed by atoms with E-state index in [4.69, 9.17) is 16.0 Å². The Kier molecular flexibility index (Phi) is 2.71. The molecule has 0 spiro atoms. The number of rotatable bonds is 2. The molecule has 0 radical (unpaired) electrons. The Morgan fingerprint density at radius 1 is 1.29 bits per heavy atom. The summed E-state index contributed by atoms with van der Waals surface area (Å²) in [5.74, 6) is 1.05. The lowest BCUT2D eigenvalue weighted by Crippen LogP contribution is -2.24. The fourth-order valence-corrected chi connectivity index (χ4v) is 2.33. The van der Waals surface area contributed by atoms with Gasteiger partial charge in [-0.2, -0.15) is 15.3 Å². The first-order chi connectivity index (χ1) is 10.3. The molecule has 3 aromatic heterocycles. The van der Waals surface area contributed by atoms with Crippen LogP contribution >= 0.6 is 11.6 Å². The molecular formula is C13H9ClN6O. The Morgan fingerprint density at radius 2 is 2.24 bits per heavy atom. The zero-order valence-electron chi connectivity index (χ0n) is 10.7. The second-order valence-corrected chi connectivity index (χ2v) is 4.76. The first kappa shape index (κ1) is 12.1. The van der Waals surface area contributed by atoms with Gasteiger partial charge in [-0.25, -0.2) is 4.98 Å². The number of H-pyrrole nitrogens is 1. The SMILES string of the molecule is ClC1=CC=CCN1c1nc(-c2ccco2)c2n[nH]nc2n1. The molecule has 4 heterocycles. The highest BCUT2D eigenvalue weighted by atomic mass is 35.5. The minimum Gasteiger partial charge on any atom is -0.463 e. The van der Waals surface area contributed by atoms with Crippen molar-refractivity contribution in [2.24, 2.45) is 0 Å². The molecule has 1 aliphatic rings. The summed E-state index contributed by atoms with van der Waals surface area (Å²) in [7, 11) is 0. The van der Waals surface area contributed by atoms with E-state index in [1.165, 1.54) is 0 Å². The van der Waals surface area contributed by atoms with Crippen molar-refractivity contribution in [2.45, 2.75) is 0 Å². The largest absolute Gasteiger partial charge is 0.463 e. The van der Waals surface area contributed by atoms with E-state index in [0.717, 1.165) is 0 Å². The normalized spacial score (nSPS) is 14.7. The summed E-state index contributed by atoms with van der Waals surface area (Å²) in [4.78, 5) is 10.7. The number of aromatic amines is 1. The third kappa shape index (κ3) is 1.98. The number of hydrogen-bond acceptors (Lipinski definition) is 6. The van der Waals surface area contributed by atoms with Crippen molar-refractivity contribution in [3.8, 4) is 11.5 Å². The van der Waals surface area contributed by atoms with Crippen LogP contribution in [0.25, 0.3) is 22.6 Å². The Balaban J connectivity index is 1.91. The van der Waals surface area contributed by atoms with E-state index in [0.29, 0.717) is 40.3 Å². The number of nitrogens with one attached hydrogen (secondary N) is 1. The van der Waals surface area contributed by atoms with Crippen LogP contribution in [0.15, 0.2) is 46.2 Å². The molecule has 0 saturated heterocycles. The summed E-state index contributed by atoms with van der Waals surface area (Å²) in [5.41, 5.74) is 1.60. The van der Waals surface area contributed by atoms with Crippen molar-refractivity contribution in [3.05, 3.63) is 41.8 Å². The van der Waals surface area contributed by atoms with Crippen LogP contribution in [-0.2, 0) is 0 Å². The molecule has 21 heavy (non-hydrogen) atoms. The molecule has 0 saturated carbocycles. The third-order valence-electron chi connectivity index (χ3n) is 3.08. The highest BCUT2D eigenvalue weighted by Gasteiger charge is 2.20. The van der Waals surface area contributed by atoms with Crippen LogP contribution in [0.4, 0.5) is 5.95 Å². The highest BCUT2D eigenvalue weighted by Crippen LogP contribution is 2.28. The molecule has 8 heteroatoms. The molecule has 0 aliphatic carbocycles. The van der Waals surface area contributed by atoms with Crippen LogP contribution in [0.2, 0.25) is 0 Å². The third-order valence-corrected chi connectivity index (χ3v) is 3.41. The number of allylic oxidation sites excluding steroid dienone is 2. The van der Waals surface area contributed by atoms with Gasteiger partial charge in [0, 0.05) is 6.54 Å². The molecule has 3 aromatic rings. The summed E-state index contributed by atoms with van der Waals surface area (Å²) < 4.78 is 5.41.